The van der Waals surface area contributed by atoms with Crippen molar-refractivity contribution in [2.75, 3.05) is 26.8 Å². The van der Waals surface area contributed by atoms with Crippen molar-refractivity contribution < 1.29 is 18.3 Å². The van der Waals surface area contributed by atoms with Gasteiger partial charge in [0.25, 0.3) is 0 Å². The van der Waals surface area contributed by atoms with Crippen LogP contribution in [0.15, 0.2) is 23.1 Å². The lowest BCUT2D eigenvalue weighted by molar-refractivity contribution is 0.0620. The first-order valence-electron chi connectivity index (χ1n) is 6.88. The standard InChI is InChI=1S/C14H20ClNO4S/c1-16(9-11-4-6-20-7-5-11)21(18,19)13-3-2-12(10-17)14(15)8-13/h2-3,8,11,17H,4-7,9-10H2,1H3. The molecule has 5 nitrogen and oxygen atoms in total. The summed E-state index contributed by atoms with van der Waals surface area (Å²) in [5.74, 6) is 0.325. The molecule has 1 aliphatic heterocycles. The molecular weight excluding hydrogens is 314 g/mol. The minimum atomic E-state index is -3.56. The van der Waals surface area contributed by atoms with Crippen LogP contribution in [-0.4, -0.2) is 44.6 Å². The van der Waals surface area contributed by atoms with Crippen molar-refractivity contribution in [3.8, 4) is 0 Å². The molecule has 1 N–H and O–H groups in total. The van der Waals surface area contributed by atoms with E-state index in [0.717, 1.165) is 12.8 Å². The third-order valence-corrected chi connectivity index (χ3v) is 5.93. The van der Waals surface area contributed by atoms with Crippen molar-refractivity contribution in [2.45, 2.75) is 24.3 Å². The molecule has 21 heavy (non-hydrogen) atoms. The van der Waals surface area contributed by atoms with Gasteiger partial charge in [-0.3, -0.25) is 0 Å². The van der Waals surface area contributed by atoms with Crippen LogP contribution in [0.25, 0.3) is 0 Å². The number of aliphatic hydroxyl groups is 1. The van der Waals surface area contributed by atoms with Gasteiger partial charge in [0.2, 0.25) is 10.0 Å². The van der Waals surface area contributed by atoms with E-state index in [0.29, 0.717) is 31.2 Å². The van der Waals surface area contributed by atoms with E-state index < -0.39 is 10.0 Å². The average molecular weight is 334 g/mol. The summed E-state index contributed by atoms with van der Waals surface area (Å²) in [6.07, 6.45) is 1.76. The van der Waals surface area contributed by atoms with Gasteiger partial charge in [-0.15, -0.1) is 0 Å². The first-order valence-corrected chi connectivity index (χ1v) is 8.70. The zero-order chi connectivity index (χ0) is 15.5. The Kier molecular flexibility index (Phi) is 5.62. The molecular formula is C14H20ClNO4S. The van der Waals surface area contributed by atoms with E-state index in [1.54, 1.807) is 7.05 Å². The maximum Gasteiger partial charge on any atom is 0.242 e. The number of hydrogen-bond donors (Lipinski definition) is 1. The lowest BCUT2D eigenvalue weighted by Crippen LogP contribution is -2.34. The maximum atomic E-state index is 12.5. The molecule has 1 heterocycles. The van der Waals surface area contributed by atoms with Gasteiger partial charge in [-0.2, -0.15) is 0 Å². The first kappa shape index (κ1) is 16.7. The van der Waals surface area contributed by atoms with Crippen molar-refractivity contribution in [1.82, 2.24) is 4.31 Å². The van der Waals surface area contributed by atoms with Crippen LogP contribution in [0.3, 0.4) is 0 Å². The molecule has 1 aromatic carbocycles. The van der Waals surface area contributed by atoms with Crippen LogP contribution < -0.4 is 0 Å². The van der Waals surface area contributed by atoms with Crippen LogP contribution in [0.1, 0.15) is 18.4 Å². The first-order chi connectivity index (χ1) is 9.95. The van der Waals surface area contributed by atoms with E-state index in [4.69, 9.17) is 21.4 Å². The molecule has 1 saturated heterocycles. The molecule has 2 rings (SSSR count). The lowest BCUT2D eigenvalue weighted by atomic mass is 10.0. The summed E-state index contributed by atoms with van der Waals surface area (Å²) in [7, 11) is -1.98. The number of rotatable bonds is 5. The Hall–Kier alpha value is -0.660. The van der Waals surface area contributed by atoms with Gasteiger partial charge >= 0.3 is 0 Å². The molecule has 7 heteroatoms. The molecule has 0 amide bonds. The van der Waals surface area contributed by atoms with E-state index in [1.165, 1.54) is 22.5 Å². The minimum absolute atomic E-state index is 0.152. The Labute approximate surface area is 130 Å². The molecule has 0 aliphatic carbocycles. The third kappa shape index (κ3) is 3.96. The molecule has 0 aromatic heterocycles. The van der Waals surface area contributed by atoms with Crippen molar-refractivity contribution in [3.05, 3.63) is 28.8 Å². The number of hydrogen-bond acceptors (Lipinski definition) is 4. The van der Waals surface area contributed by atoms with Crippen molar-refractivity contribution in [3.63, 3.8) is 0 Å². The summed E-state index contributed by atoms with van der Waals surface area (Å²) < 4.78 is 31.7. The highest BCUT2D eigenvalue weighted by Gasteiger charge is 2.25. The third-order valence-electron chi connectivity index (χ3n) is 3.76. The van der Waals surface area contributed by atoms with Gasteiger partial charge in [0.1, 0.15) is 0 Å². The van der Waals surface area contributed by atoms with Crippen LogP contribution in [-0.2, 0) is 21.4 Å². The van der Waals surface area contributed by atoms with Gasteiger partial charge in [0, 0.05) is 31.8 Å². The number of benzene rings is 1. The highest BCUT2D eigenvalue weighted by atomic mass is 35.5. The largest absolute Gasteiger partial charge is 0.392 e. The fourth-order valence-electron chi connectivity index (χ4n) is 2.39. The van der Waals surface area contributed by atoms with Crippen LogP contribution in [0.4, 0.5) is 0 Å². The summed E-state index contributed by atoms with van der Waals surface area (Å²) in [6.45, 7) is 1.65. The number of nitrogens with zero attached hydrogens (tertiary/aromatic N) is 1. The van der Waals surface area contributed by atoms with Crippen LogP contribution in [0.5, 0.6) is 0 Å². The Bertz CT molecular complexity index is 585. The summed E-state index contributed by atoms with van der Waals surface area (Å²) in [5.41, 5.74) is 0.516. The molecule has 0 unspecified atom stereocenters. The molecule has 0 saturated carbocycles. The van der Waals surface area contributed by atoms with E-state index in [-0.39, 0.29) is 16.5 Å². The maximum absolute atomic E-state index is 12.5. The smallest absolute Gasteiger partial charge is 0.242 e. The highest BCUT2D eigenvalue weighted by molar-refractivity contribution is 7.89. The SMILES string of the molecule is CN(CC1CCOCC1)S(=O)(=O)c1ccc(CO)c(Cl)c1. The summed E-state index contributed by atoms with van der Waals surface area (Å²) in [5, 5.41) is 9.34. The number of ether oxygens (including phenoxy) is 1. The van der Waals surface area contributed by atoms with Crippen LogP contribution >= 0.6 is 11.6 Å². The van der Waals surface area contributed by atoms with Crippen LogP contribution in [0, 0.1) is 5.92 Å². The fourth-order valence-corrected chi connectivity index (χ4v) is 3.97. The second-order valence-electron chi connectivity index (χ2n) is 5.25. The molecule has 118 valence electrons. The van der Waals surface area contributed by atoms with Crippen molar-refractivity contribution in [1.29, 1.82) is 0 Å². The van der Waals surface area contributed by atoms with E-state index in [1.807, 2.05) is 0 Å². The average Bonchev–Trinajstić information content (AvgIpc) is 2.48. The normalized spacial score (nSPS) is 17.3. The van der Waals surface area contributed by atoms with Gasteiger partial charge in [0.05, 0.1) is 11.5 Å². The van der Waals surface area contributed by atoms with E-state index in [2.05, 4.69) is 0 Å². The molecule has 0 atom stereocenters. The van der Waals surface area contributed by atoms with Gasteiger partial charge in [-0.25, -0.2) is 12.7 Å². The van der Waals surface area contributed by atoms with Crippen LogP contribution in [0.2, 0.25) is 5.02 Å². The molecule has 1 aromatic rings. The molecule has 0 bridgehead atoms. The monoisotopic (exact) mass is 333 g/mol. The predicted molar refractivity (Wildman–Crippen MR) is 80.7 cm³/mol. The fraction of sp³-hybridized carbons (Fsp3) is 0.571. The number of sulfonamides is 1. The summed E-state index contributed by atoms with van der Waals surface area (Å²) >= 11 is 5.97. The van der Waals surface area contributed by atoms with Gasteiger partial charge in [-0.1, -0.05) is 17.7 Å². The Morgan fingerprint density at radius 2 is 2.05 bits per heavy atom. The molecule has 1 fully saturated rings. The molecule has 0 spiro atoms. The lowest BCUT2D eigenvalue weighted by Gasteiger charge is -2.26. The number of aliphatic hydroxyl groups excluding tert-OH is 1. The summed E-state index contributed by atoms with van der Waals surface area (Å²) in [4.78, 5) is 0.152. The molecule has 1 aliphatic rings. The number of halogens is 1. The second-order valence-corrected chi connectivity index (χ2v) is 7.70. The van der Waals surface area contributed by atoms with Gasteiger partial charge < -0.3 is 9.84 Å². The second kappa shape index (κ2) is 7.07. The quantitative estimate of drug-likeness (QED) is 0.893. The zero-order valence-corrected chi connectivity index (χ0v) is 13.5. The van der Waals surface area contributed by atoms with Crippen molar-refractivity contribution >= 4 is 21.6 Å². The van der Waals surface area contributed by atoms with E-state index >= 15 is 0 Å². The van der Waals surface area contributed by atoms with Gasteiger partial charge in [-0.05, 0) is 36.5 Å². The predicted octanol–water partition coefficient (Wildman–Crippen LogP) is 1.88. The Morgan fingerprint density at radius 3 is 2.62 bits per heavy atom. The molecule has 0 radical (unpaired) electrons. The topological polar surface area (TPSA) is 66.8 Å². The minimum Gasteiger partial charge on any atom is -0.392 e. The Balaban J connectivity index is 2.14. The zero-order valence-electron chi connectivity index (χ0n) is 12.0. The highest BCUT2D eigenvalue weighted by Crippen LogP contribution is 2.24. The Morgan fingerprint density at radius 1 is 1.38 bits per heavy atom. The van der Waals surface area contributed by atoms with E-state index in [9.17, 15) is 8.42 Å². The summed E-state index contributed by atoms with van der Waals surface area (Å²) in [6, 6.07) is 4.41. The van der Waals surface area contributed by atoms with Gasteiger partial charge in [0.15, 0.2) is 0 Å². The van der Waals surface area contributed by atoms with Crippen molar-refractivity contribution in [2.24, 2.45) is 5.92 Å².